The molecular weight excluding hydrogens is 409 g/mol. The highest BCUT2D eigenvalue weighted by atomic mass is 19.1. The topological polar surface area (TPSA) is 59.0 Å². The molecular formula is C26H38FNO4. The van der Waals surface area contributed by atoms with Crippen LogP contribution in [0.2, 0.25) is 0 Å². The number of benzene rings is 1. The Balaban J connectivity index is 0.00000119. The van der Waals surface area contributed by atoms with E-state index in [4.69, 9.17) is 9.99 Å². The van der Waals surface area contributed by atoms with Gasteiger partial charge in [-0.3, -0.25) is 4.79 Å². The van der Waals surface area contributed by atoms with Crippen LogP contribution in [0, 0.1) is 29.0 Å². The molecule has 3 aliphatic carbocycles. The van der Waals surface area contributed by atoms with Crippen molar-refractivity contribution in [3.05, 3.63) is 29.1 Å². The zero-order valence-corrected chi connectivity index (χ0v) is 19.9. The van der Waals surface area contributed by atoms with Crippen molar-refractivity contribution in [2.75, 3.05) is 13.2 Å². The molecule has 6 heteroatoms. The van der Waals surface area contributed by atoms with Gasteiger partial charge in [0.2, 0.25) is 0 Å². The third-order valence-electron chi connectivity index (χ3n) is 8.00. The molecule has 1 aromatic rings. The molecule has 1 N–H and O–H groups in total. The summed E-state index contributed by atoms with van der Waals surface area (Å²) in [5, 5.41) is 9.15. The lowest BCUT2D eigenvalue weighted by Gasteiger charge is -2.45. The zero-order valence-electron chi connectivity index (χ0n) is 19.9. The second kappa shape index (κ2) is 9.30. The second-order valence-corrected chi connectivity index (χ2v) is 10.4. The lowest BCUT2D eigenvalue weighted by atomic mass is 9.62. The summed E-state index contributed by atoms with van der Waals surface area (Å²) in [6, 6.07) is 3.10. The van der Waals surface area contributed by atoms with Crippen LogP contribution in [0.3, 0.4) is 0 Å². The molecule has 4 aliphatic rings. The fraction of sp³-hybridized carbons (Fsp3) is 0.731. The fourth-order valence-corrected chi connectivity index (χ4v) is 6.17. The van der Waals surface area contributed by atoms with Gasteiger partial charge in [0.15, 0.2) is 6.23 Å². The Morgan fingerprint density at radius 2 is 1.94 bits per heavy atom. The number of ether oxygens (including phenoxy) is 1. The first kappa shape index (κ1) is 23.5. The van der Waals surface area contributed by atoms with Gasteiger partial charge in [0.25, 0.3) is 5.91 Å². The average molecular weight is 448 g/mol. The number of amides is 1. The molecule has 1 aromatic carbocycles. The molecule has 0 aromatic heterocycles. The fourth-order valence-electron chi connectivity index (χ4n) is 6.17. The summed E-state index contributed by atoms with van der Waals surface area (Å²) in [6.07, 6.45) is 6.89. The first-order chi connectivity index (χ1) is 15.4. The first-order valence-corrected chi connectivity index (χ1v) is 12.5. The Labute approximate surface area is 191 Å². The number of fused-ring (bicyclic) bond motifs is 1. The van der Waals surface area contributed by atoms with Crippen molar-refractivity contribution in [1.82, 2.24) is 4.90 Å². The van der Waals surface area contributed by atoms with Gasteiger partial charge in [0, 0.05) is 18.0 Å². The highest BCUT2D eigenvalue weighted by molar-refractivity contribution is 5.95. The maximum absolute atomic E-state index is 15.1. The van der Waals surface area contributed by atoms with Crippen LogP contribution in [-0.4, -0.2) is 35.4 Å². The molecule has 1 heterocycles. The minimum Gasteiger partial charge on any atom is -0.493 e. The molecule has 3 saturated carbocycles. The Kier molecular flexibility index (Phi) is 6.83. The SMILES string of the molecule is CC.CC1CC(OO)N(C(=O)c2cc(C3CC3)c(OCC34CCC3CC(C)C4)cc2F)C1. The summed E-state index contributed by atoms with van der Waals surface area (Å²) >= 11 is 0. The van der Waals surface area contributed by atoms with Gasteiger partial charge in [-0.2, -0.15) is 0 Å². The van der Waals surface area contributed by atoms with E-state index in [2.05, 4.69) is 11.8 Å². The van der Waals surface area contributed by atoms with E-state index >= 15 is 4.39 Å². The molecule has 178 valence electrons. The van der Waals surface area contributed by atoms with Crippen molar-refractivity contribution < 1.29 is 24.1 Å². The van der Waals surface area contributed by atoms with Gasteiger partial charge >= 0.3 is 0 Å². The van der Waals surface area contributed by atoms with Crippen molar-refractivity contribution in [2.24, 2.45) is 23.2 Å². The van der Waals surface area contributed by atoms with Crippen LogP contribution in [0.15, 0.2) is 12.1 Å². The standard InChI is InChI=1S/C24H32FNO4.C2H6/c1-14-7-17-5-6-24(17,11-14)13-29-21-10-20(25)19(9-18(21)16-3-4-16)23(27)26-12-15(2)8-22(26)30-28;1-2/h9-10,14-17,22,28H,3-8,11-13H2,1-2H3;1-2H3. The molecule has 0 radical (unpaired) electrons. The minimum absolute atomic E-state index is 0.0505. The van der Waals surface area contributed by atoms with E-state index in [1.807, 2.05) is 20.8 Å². The van der Waals surface area contributed by atoms with Crippen LogP contribution >= 0.6 is 0 Å². The number of carbonyl (C=O) groups is 1. The average Bonchev–Trinajstić information content (AvgIpc) is 3.51. The van der Waals surface area contributed by atoms with E-state index in [1.54, 1.807) is 6.07 Å². The van der Waals surface area contributed by atoms with Crippen molar-refractivity contribution in [2.45, 2.75) is 84.8 Å². The van der Waals surface area contributed by atoms with Gasteiger partial charge in [-0.15, -0.1) is 0 Å². The number of hydrogen-bond donors (Lipinski definition) is 1. The number of likely N-dealkylation sites (tertiary alicyclic amines) is 1. The maximum atomic E-state index is 15.1. The summed E-state index contributed by atoms with van der Waals surface area (Å²) in [5.41, 5.74) is 1.27. The van der Waals surface area contributed by atoms with Crippen LogP contribution < -0.4 is 4.74 Å². The Morgan fingerprint density at radius 1 is 1.19 bits per heavy atom. The van der Waals surface area contributed by atoms with Gasteiger partial charge in [-0.1, -0.05) is 27.7 Å². The van der Waals surface area contributed by atoms with Gasteiger partial charge in [-0.05, 0) is 80.2 Å². The van der Waals surface area contributed by atoms with Gasteiger partial charge in [-0.25, -0.2) is 14.5 Å². The van der Waals surface area contributed by atoms with E-state index in [0.717, 1.165) is 30.2 Å². The van der Waals surface area contributed by atoms with Crippen molar-refractivity contribution >= 4 is 5.91 Å². The van der Waals surface area contributed by atoms with E-state index in [9.17, 15) is 4.79 Å². The van der Waals surface area contributed by atoms with E-state index in [1.165, 1.54) is 36.6 Å². The Bertz CT molecular complexity index is 841. The molecule has 1 saturated heterocycles. The zero-order chi connectivity index (χ0) is 23.0. The summed E-state index contributed by atoms with van der Waals surface area (Å²) in [5.74, 6) is 1.65. The predicted octanol–water partition coefficient (Wildman–Crippen LogP) is 6.23. The Morgan fingerprint density at radius 3 is 2.53 bits per heavy atom. The van der Waals surface area contributed by atoms with Gasteiger partial charge in [0.1, 0.15) is 11.6 Å². The largest absolute Gasteiger partial charge is 0.493 e. The Hall–Kier alpha value is -1.66. The molecule has 5 nitrogen and oxygen atoms in total. The number of halogens is 1. The van der Waals surface area contributed by atoms with Crippen LogP contribution in [0.4, 0.5) is 4.39 Å². The lowest BCUT2D eigenvalue weighted by molar-refractivity contribution is -0.299. The third kappa shape index (κ3) is 4.28. The summed E-state index contributed by atoms with van der Waals surface area (Å²) < 4.78 is 21.3. The van der Waals surface area contributed by atoms with Crippen LogP contribution in [0.25, 0.3) is 0 Å². The second-order valence-electron chi connectivity index (χ2n) is 10.4. The van der Waals surface area contributed by atoms with E-state index in [-0.39, 0.29) is 16.9 Å². The van der Waals surface area contributed by atoms with Crippen LogP contribution in [-0.2, 0) is 4.89 Å². The molecule has 1 amide bonds. The van der Waals surface area contributed by atoms with E-state index in [0.29, 0.717) is 31.2 Å². The highest BCUT2D eigenvalue weighted by Gasteiger charge is 2.52. The van der Waals surface area contributed by atoms with Crippen LogP contribution in [0.1, 0.15) is 94.5 Å². The number of carbonyl (C=O) groups excluding carboxylic acids is 1. The quantitative estimate of drug-likeness (QED) is 0.415. The minimum atomic E-state index is -0.716. The monoisotopic (exact) mass is 447 g/mol. The molecule has 5 atom stereocenters. The summed E-state index contributed by atoms with van der Waals surface area (Å²) in [6.45, 7) is 9.40. The first-order valence-electron chi connectivity index (χ1n) is 12.5. The maximum Gasteiger partial charge on any atom is 0.258 e. The molecule has 5 rings (SSSR count). The molecule has 4 fully saturated rings. The van der Waals surface area contributed by atoms with Crippen molar-refractivity contribution in [3.63, 3.8) is 0 Å². The number of rotatable bonds is 6. The van der Waals surface area contributed by atoms with Crippen molar-refractivity contribution in [3.8, 4) is 5.75 Å². The smallest absolute Gasteiger partial charge is 0.258 e. The van der Waals surface area contributed by atoms with Crippen LogP contribution in [0.5, 0.6) is 5.75 Å². The molecule has 1 aliphatic heterocycles. The van der Waals surface area contributed by atoms with E-state index < -0.39 is 18.0 Å². The molecule has 0 spiro atoms. The van der Waals surface area contributed by atoms with Gasteiger partial charge in [0.05, 0.1) is 12.2 Å². The van der Waals surface area contributed by atoms with Crippen molar-refractivity contribution in [1.29, 1.82) is 0 Å². The molecule has 32 heavy (non-hydrogen) atoms. The lowest BCUT2D eigenvalue weighted by Crippen LogP contribution is -2.41. The number of nitrogens with zero attached hydrogens (tertiary/aromatic N) is 1. The van der Waals surface area contributed by atoms with Gasteiger partial charge < -0.3 is 9.64 Å². The molecule has 5 unspecified atom stereocenters. The summed E-state index contributed by atoms with van der Waals surface area (Å²) in [7, 11) is 0. The highest BCUT2D eigenvalue weighted by Crippen LogP contribution is 2.59. The normalized spacial score (nSPS) is 33.2. The third-order valence-corrected chi connectivity index (χ3v) is 8.00. The molecule has 0 bridgehead atoms. The summed E-state index contributed by atoms with van der Waals surface area (Å²) in [4.78, 5) is 19.0. The number of hydrogen-bond acceptors (Lipinski definition) is 4. The predicted molar refractivity (Wildman–Crippen MR) is 121 cm³/mol.